The van der Waals surface area contributed by atoms with Gasteiger partial charge in [0, 0.05) is 18.3 Å². The molecule has 0 bridgehead atoms. The molecule has 5 heteroatoms. The summed E-state index contributed by atoms with van der Waals surface area (Å²) in [5, 5.41) is 9.24. The number of amides is 1. The lowest BCUT2D eigenvalue weighted by atomic mass is 10.0. The molecule has 2 rings (SSSR count). The number of nitrogens with zero attached hydrogens (tertiary/aromatic N) is 1. The molecule has 3 atom stereocenters. The van der Waals surface area contributed by atoms with E-state index in [1.165, 1.54) is 0 Å². The van der Waals surface area contributed by atoms with Crippen LogP contribution in [0.5, 0.6) is 0 Å². The molecule has 0 spiro atoms. The number of carboxylic acid groups (broad SMARTS) is 1. The Kier molecular flexibility index (Phi) is 3.57. The Bertz CT molecular complexity index is 513. The molecule has 1 aromatic carbocycles. The average Bonchev–Trinajstić information content (AvgIpc) is 2.76. The fourth-order valence-corrected chi connectivity index (χ4v) is 2.30. The van der Waals surface area contributed by atoms with Gasteiger partial charge in [0.25, 0.3) is 0 Å². The number of anilines is 1. The monoisotopic (exact) mass is 262 g/mol. The lowest BCUT2D eigenvalue weighted by Gasteiger charge is -2.23. The smallest absolute Gasteiger partial charge is 0.312 e. The second kappa shape index (κ2) is 5.01. The molecule has 19 heavy (non-hydrogen) atoms. The maximum atomic E-state index is 12.4. The van der Waals surface area contributed by atoms with Crippen molar-refractivity contribution in [2.75, 3.05) is 11.4 Å². The summed E-state index contributed by atoms with van der Waals surface area (Å²) in [7, 11) is 0. The van der Waals surface area contributed by atoms with Gasteiger partial charge in [-0.25, -0.2) is 0 Å². The minimum absolute atomic E-state index is 0.119. The zero-order chi connectivity index (χ0) is 14.2. The van der Waals surface area contributed by atoms with Gasteiger partial charge in [-0.3, -0.25) is 9.59 Å². The van der Waals surface area contributed by atoms with Crippen molar-refractivity contribution in [2.24, 2.45) is 11.7 Å². The first-order chi connectivity index (χ1) is 8.93. The van der Waals surface area contributed by atoms with Gasteiger partial charge in [-0.1, -0.05) is 25.1 Å². The number of para-hydroxylation sites is 1. The predicted octanol–water partition coefficient (Wildman–Crippen LogP) is 1.18. The van der Waals surface area contributed by atoms with Crippen LogP contribution in [0.1, 0.15) is 25.3 Å². The van der Waals surface area contributed by atoms with Gasteiger partial charge in [0.15, 0.2) is 0 Å². The fraction of sp³-hybridized carbons (Fsp3) is 0.429. The third kappa shape index (κ3) is 2.33. The summed E-state index contributed by atoms with van der Waals surface area (Å²) >= 11 is 0. The van der Waals surface area contributed by atoms with Crippen molar-refractivity contribution in [3.05, 3.63) is 29.8 Å². The zero-order valence-corrected chi connectivity index (χ0v) is 11.0. The van der Waals surface area contributed by atoms with E-state index >= 15 is 0 Å². The first-order valence-electron chi connectivity index (χ1n) is 6.32. The topological polar surface area (TPSA) is 83.6 Å². The molecule has 3 unspecified atom stereocenters. The highest BCUT2D eigenvalue weighted by molar-refractivity contribution is 6.00. The summed E-state index contributed by atoms with van der Waals surface area (Å²) in [5.41, 5.74) is 7.14. The first kappa shape index (κ1) is 13.5. The van der Waals surface area contributed by atoms with Crippen LogP contribution in [0, 0.1) is 5.92 Å². The van der Waals surface area contributed by atoms with Gasteiger partial charge >= 0.3 is 5.97 Å². The summed E-state index contributed by atoms with van der Waals surface area (Å²) in [5.74, 6) is -2.01. The maximum absolute atomic E-state index is 12.4. The van der Waals surface area contributed by atoms with Crippen molar-refractivity contribution in [1.82, 2.24) is 0 Å². The highest BCUT2D eigenvalue weighted by Crippen LogP contribution is 2.37. The molecule has 1 aromatic rings. The SMILES string of the molecule is CC(N)C(C)C(=O)N1CC(C(=O)O)c2ccccc21. The molecule has 0 aliphatic carbocycles. The highest BCUT2D eigenvalue weighted by Gasteiger charge is 2.38. The van der Waals surface area contributed by atoms with Crippen LogP contribution in [-0.2, 0) is 9.59 Å². The average molecular weight is 262 g/mol. The van der Waals surface area contributed by atoms with Gasteiger partial charge in [-0.2, -0.15) is 0 Å². The Hall–Kier alpha value is -1.88. The second-order valence-electron chi connectivity index (χ2n) is 5.05. The normalized spacial score (nSPS) is 20.8. The van der Waals surface area contributed by atoms with Crippen LogP contribution < -0.4 is 10.6 Å². The fourth-order valence-electron chi connectivity index (χ4n) is 2.30. The van der Waals surface area contributed by atoms with Crippen molar-refractivity contribution >= 4 is 17.6 Å². The number of fused-ring (bicyclic) bond motifs is 1. The number of benzene rings is 1. The first-order valence-corrected chi connectivity index (χ1v) is 6.32. The summed E-state index contributed by atoms with van der Waals surface area (Å²) in [4.78, 5) is 25.2. The summed E-state index contributed by atoms with van der Waals surface area (Å²) in [6.45, 7) is 3.73. The highest BCUT2D eigenvalue weighted by atomic mass is 16.4. The van der Waals surface area contributed by atoms with Crippen LogP contribution in [0.25, 0.3) is 0 Å². The number of carbonyl (C=O) groups excluding carboxylic acids is 1. The van der Waals surface area contributed by atoms with Crippen LogP contribution in [0.2, 0.25) is 0 Å². The van der Waals surface area contributed by atoms with Crippen molar-refractivity contribution in [3.8, 4) is 0 Å². The Morgan fingerprint density at radius 3 is 2.58 bits per heavy atom. The Morgan fingerprint density at radius 1 is 1.37 bits per heavy atom. The Balaban J connectivity index is 2.35. The van der Waals surface area contributed by atoms with Gasteiger partial charge < -0.3 is 15.7 Å². The minimum Gasteiger partial charge on any atom is -0.481 e. The van der Waals surface area contributed by atoms with E-state index in [0.717, 1.165) is 0 Å². The molecule has 102 valence electrons. The lowest BCUT2D eigenvalue weighted by Crippen LogP contribution is -2.41. The summed E-state index contributed by atoms with van der Waals surface area (Å²) in [6, 6.07) is 6.88. The Morgan fingerprint density at radius 2 is 2.00 bits per heavy atom. The van der Waals surface area contributed by atoms with Crippen molar-refractivity contribution in [3.63, 3.8) is 0 Å². The molecule has 0 radical (unpaired) electrons. The number of rotatable bonds is 3. The van der Waals surface area contributed by atoms with Crippen LogP contribution in [-0.4, -0.2) is 29.6 Å². The predicted molar refractivity (Wildman–Crippen MR) is 72.0 cm³/mol. The van der Waals surface area contributed by atoms with E-state index in [1.807, 2.05) is 0 Å². The molecule has 5 nitrogen and oxygen atoms in total. The minimum atomic E-state index is -0.906. The molecule has 1 amide bonds. The quantitative estimate of drug-likeness (QED) is 0.857. The van der Waals surface area contributed by atoms with Gasteiger partial charge in [0.2, 0.25) is 5.91 Å². The number of hydrogen-bond donors (Lipinski definition) is 2. The molecular weight excluding hydrogens is 244 g/mol. The third-order valence-corrected chi connectivity index (χ3v) is 3.71. The van der Waals surface area contributed by atoms with E-state index in [9.17, 15) is 14.7 Å². The van der Waals surface area contributed by atoms with Gasteiger partial charge in [0.1, 0.15) is 5.92 Å². The third-order valence-electron chi connectivity index (χ3n) is 3.71. The standard InChI is InChI=1S/C14H18N2O3/c1-8(9(2)15)13(17)16-7-11(14(18)19)10-5-3-4-6-12(10)16/h3-6,8-9,11H,7,15H2,1-2H3,(H,18,19). The summed E-state index contributed by atoms with van der Waals surface area (Å²) < 4.78 is 0. The molecule has 1 aliphatic heterocycles. The molecule has 0 fully saturated rings. The lowest BCUT2D eigenvalue weighted by molar-refractivity contribution is -0.138. The zero-order valence-electron chi connectivity index (χ0n) is 11.0. The van der Waals surface area contributed by atoms with Gasteiger partial charge in [0.05, 0.1) is 5.92 Å². The number of nitrogens with two attached hydrogens (primary N) is 1. The molecule has 1 aliphatic rings. The van der Waals surface area contributed by atoms with E-state index in [-0.39, 0.29) is 24.4 Å². The number of carbonyl (C=O) groups is 2. The van der Waals surface area contributed by atoms with Crippen molar-refractivity contribution in [2.45, 2.75) is 25.8 Å². The molecule has 0 aromatic heterocycles. The van der Waals surface area contributed by atoms with E-state index < -0.39 is 11.9 Å². The van der Waals surface area contributed by atoms with Crippen LogP contribution >= 0.6 is 0 Å². The van der Waals surface area contributed by atoms with Crippen LogP contribution in [0.3, 0.4) is 0 Å². The van der Waals surface area contributed by atoms with Crippen molar-refractivity contribution in [1.29, 1.82) is 0 Å². The van der Waals surface area contributed by atoms with Gasteiger partial charge in [-0.05, 0) is 18.6 Å². The second-order valence-corrected chi connectivity index (χ2v) is 5.05. The number of hydrogen-bond acceptors (Lipinski definition) is 3. The van der Waals surface area contributed by atoms with Crippen LogP contribution in [0.15, 0.2) is 24.3 Å². The van der Waals surface area contributed by atoms with E-state index in [2.05, 4.69) is 0 Å². The van der Waals surface area contributed by atoms with Crippen LogP contribution in [0.4, 0.5) is 5.69 Å². The van der Waals surface area contributed by atoms with E-state index in [1.54, 1.807) is 43.0 Å². The maximum Gasteiger partial charge on any atom is 0.312 e. The summed E-state index contributed by atoms with van der Waals surface area (Å²) in [6.07, 6.45) is 0. The molecule has 3 N–H and O–H groups in total. The van der Waals surface area contributed by atoms with Gasteiger partial charge in [-0.15, -0.1) is 0 Å². The Labute approximate surface area is 112 Å². The largest absolute Gasteiger partial charge is 0.481 e. The number of carboxylic acids is 1. The van der Waals surface area contributed by atoms with E-state index in [4.69, 9.17) is 5.73 Å². The molecule has 0 saturated heterocycles. The van der Waals surface area contributed by atoms with E-state index in [0.29, 0.717) is 11.3 Å². The number of aliphatic carboxylic acids is 1. The molecule has 0 saturated carbocycles. The molecular formula is C14H18N2O3. The molecule has 1 heterocycles. The van der Waals surface area contributed by atoms with Crippen molar-refractivity contribution < 1.29 is 14.7 Å².